The molecule has 0 saturated heterocycles. The molecule has 0 radical (unpaired) electrons. The number of hydrogen-bond donors (Lipinski definition) is 2. The van der Waals surface area contributed by atoms with Crippen LogP contribution in [0.15, 0.2) is 0 Å². The number of primary amides is 1. The van der Waals surface area contributed by atoms with Gasteiger partial charge in [-0.2, -0.15) is 0 Å². The molecule has 1 unspecified atom stereocenters. The second kappa shape index (κ2) is 6.27. The predicted octanol–water partition coefficient (Wildman–Crippen LogP) is 0.878. The molecular weight excluding hydrogens is 196 g/mol. The number of ether oxygens (including phenoxy) is 1. The molecule has 0 aliphatic heterocycles. The number of nitrogens with one attached hydrogen (secondary N) is 1. The maximum Gasteiger partial charge on any atom is 0.407 e. The highest BCUT2D eigenvalue weighted by Crippen LogP contribution is 2.15. The third-order valence-corrected chi connectivity index (χ3v) is 2.23. The fraction of sp³-hybridized carbons (Fsp3) is 0.800. The van der Waals surface area contributed by atoms with Crippen LogP contribution >= 0.6 is 0 Å². The van der Waals surface area contributed by atoms with Crippen LogP contribution in [-0.4, -0.2) is 25.2 Å². The molecule has 0 aromatic rings. The first-order valence-electron chi connectivity index (χ1n) is 5.02. The van der Waals surface area contributed by atoms with Crippen molar-refractivity contribution in [2.75, 3.05) is 7.11 Å². The number of methoxy groups -OCH3 is 1. The maximum atomic E-state index is 11.2. The lowest BCUT2D eigenvalue weighted by atomic mass is 9.91. The zero-order chi connectivity index (χ0) is 12.0. The third-order valence-electron chi connectivity index (χ3n) is 2.23. The largest absolute Gasteiger partial charge is 0.453 e. The Labute approximate surface area is 90.4 Å². The van der Waals surface area contributed by atoms with Crippen LogP contribution in [0.25, 0.3) is 0 Å². The van der Waals surface area contributed by atoms with Crippen LogP contribution in [0.5, 0.6) is 0 Å². The van der Waals surface area contributed by atoms with Crippen molar-refractivity contribution in [1.82, 2.24) is 5.32 Å². The number of carbonyl (C=O) groups is 2. The Morgan fingerprint density at radius 3 is 2.20 bits per heavy atom. The van der Waals surface area contributed by atoms with Crippen LogP contribution in [0.3, 0.4) is 0 Å². The molecule has 0 heterocycles. The van der Waals surface area contributed by atoms with Gasteiger partial charge in [-0.3, -0.25) is 4.79 Å². The van der Waals surface area contributed by atoms with Crippen molar-refractivity contribution in [3.63, 3.8) is 0 Å². The highest BCUT2D eigenvalue weighted by molar-refractivity contribution is 5.78. The van der Waals surface area contributed by atoms with Gasteiger partial charge in [-0.25, -0.2) is 4.79 Å². The van der Waals surface area contributed by atoms with E-state index in [4.69, 9.17) is 5.73 Å². The van der Waals surface area contributed by atoms with Crippen molar-refractivity contribution in [2.45, 2.75) is 33.2 Å². The highest BCUT2D eigenvalue weighted by Gasteiger charge is 2.25. The molecule has 0 fully saturated rings. The zero-order valence-corrected chi connectivity index (χ0v) is 9.74. The van der Waals surface area contributed by atoms with E-state index in [9.17, 15) is 9.59 Å². The highest BCUT2D eigenvalue weighted by atomic mass is 16.5. The Balaban J connectivity index is 4.35. The fourth-order valence-corrected chi connectivity index (χ4v) is 1.42. The lowest BCUT2D eigenvalue weighted by Crippen LogP contribution is -2.44. The van der Waals surface area contributed by atoms with E-state index in [-0.39, 0.29) is 12.0 Å². The lowest BCUT2D eigenvalue weighted by molar-refractivity contribution is -0.123. The summed E-state index contributed by atoms with van der Waals surface area (Å²) in [6.07, 6.45) is 0.109. The van der Waals surface area contributed by atoms with Crippen molar-refractivity contribution < 1.29 is 14.3 Å². The van der Waals surface area contributed by atoms with Crippen molar-refractivity contribution >= 4 is 12.0 Å². The minimum absolute atomic E-state index is 0.308. The maximum absolute atomic E-state index is 11.2. The molecular formula is C10H20N2O3. The van der Waals surface area contributed by atoms with Gasteiger partial charge in [0.05, 0.1) is 13.0 Å². The zero-order valence-electron chi connectivity index (χ0n) is 9.74. The topological polar surface area (TPSA) is 81.4 Å². The van der Waals surface area contributed by atoms with Gasteiger partial charge in [0.25, 0.3) is 0 Å². The molecule has 0 saturated carbocycles. The van der Waals surface area contributed by atoms with E-state index in [1.807, 2.05) is 13.8 Å². The molecule has 0 aromatic heterocycles. The summed E-state index contributed by atoms with van der Waals surface area (Å²) in [6.45, 7) is 5.75. The monoisotopic (exact) mass is 216 g/mol. The van der Waals surface area contributed by atoms with Gasteiger partial charge in [-0.05, 0) is 19.3 Å². The third kappa shape index (κ3) is 5.24. The molecule has 88 valence electrons. The molecule has 2 atom stereocenters. The number of amides is 2. The van der Waals surface area contributed by atoms with Gasteiger partial charge in [-0.1, -0.05) is 13.8 Å². The van der Waals surface area contributed by atoms with E-state index < -0.39 is 12.0 Å². The summed E-state index contributed by atoms with van der Waals surface area (Å²) in [5, 5.41) is 2.55. The van der Waals surface area contributed by atoms with Gasteiger partial charge in [0.1, 0.15) is 0 Å². The first-order valence-corrected chi connectivity index (χ1v) is 5.02. The van der Waals surface area contributed by atoms with E-state index in [0.29, 0.717) is 12.3 Å². The second-order valence-electron chi connectivity index (χ2n) is 4.06. The first-order chi connectivity index (χ1) is 6.88. The van der Waals surface area contributed by atoms with Crippen molar-refractivity contribution in [3.05, 3.63) is 0 Å². The molecule has 2 amide bonds. The molecule has 0 rings (SSSR count). The molecule has 5 heteroatoms. The number of nitrogens with two attached hydrogens (primary N) is 1. The molecule has 5 nitrogen and oxygen atoms in total. The van der Waals surface area contributed by atoms with Gasteiger partial charge in [-0.15, -0.1) is 0 Å². The van der Waals surface area contributed by atoms with Crippen LogP contribution in [0.4, 0.5) is 4.79 Å². The van der Waals surface area contributed by atoms with Gasteiger partial charge in [0.15, 0.2) is 0 Å². The summed E-state index contributed by atoms with van der Waals surface area (Å²) in [7, 11) is 1.28. The van der Waals surface area contributed by atoms with Gasteiger partial charge < -0.3 is 15.8 Å². The summed E-state index contributed by atoms with van der Waals surface area (Å²) < 4.78 is 4.45. The fourth-order valence-electron chi connectivity index (χ4n) is 1.42. The van der Waals surface area contributed by atoms with Crippen molar-refractivity contribution in [3.8, 4) is 0 Å². The Kier molecular flexibility index (Phi) is 5.74. The first kappa shape index (κ1) is 13.7. The summed E-state index contributed by atoms with van der Waals surface area (Å²) >= 11 is 0. The smallest absolute Gasteiger partial charge is 0.407 e. The summed E-state index contributed by atoms with van der Waals surface area (Å²) in [5.41, 5.74) is 5.27. The minimum atomic E-state index is -0.544. The van der Waals surface area contributed by atoms with E-state index in [0.717, 1.165) is 0 Å². The average Bonchev–Trinajstić information content (AvgIpc) is 2.12. The van der Waals surface area contributed by atoms with E-state index in [1.54, 1.807) is 6.92 Å². The summed E-state index contributed by atoms with van der Waals surface area (Å²) in [6, 6.07) is -0.308. The van der Waals surface area contributed by atoms with Crippen molar-refractivity contribution in [1.29, 1.82) is 0 Å². The van der Waals surface area contributed by atoms with Crippen molar-refractivity contribution in [2.24, 2.45) is 17.6 Å². The minimum Gasteiger partial charge on any atom is -0.453 e. The predicted molar refractivity (Wildman–Crippen MR) is 57.1 cm³/mol. The summed E-state index contributed by atoms with van der Waals surface area (Å²) in [4.78, 5) is 22.1. The quantitative estimate of drug-likeness (QED) is 0.715. The molecule has 0 spiro atoms. The molecule has 0 aliphatic carbocycles. The molecule has 0 bridgehead atoms. The SMILES string of the molecule is COC(=O)NC(C)[C@H](CC(C)C)C(N)=O. The normalized spacial score (nSPS) is 14.5. The van der Waals surface area contributed by atoms with Crippen LogP contribution in [0, 0.1) is 11.8 Å². The number of alkyl carbamates (subject to hydrolysis) is 1. The van der Waals surface area contributed by atoms with Crippen LogP contribution < -0.4 is 11.1 Å². The Bertz CT molecular complexity index is 229. The van der Waals surface area contributed by atoms with Gasteiger partial charge in [0.2, 0.25) is 5.91 Å². The molecule has 3 N–H and O–H groups in total. The van der Waals surface area contributed by atoms with Crippen LogP contribution in [-0.2, 0) is 9.53 Å². The number of hydrogen-bond acceptors (Lipinski definition) is 3. The van der Waals surface area contributed by atoms with Crippen LogP contribution in [0.1, 0.15) is 27.2 Å². The number of carbonyl (C=O) groups excluding carboxylic acids is 2. The van der Waals surface area contributed by atoms with E-state index >= 15 is 0 Å². The Morgan fingerprint density at radius 1 is 1.33 bits per heavy atom. The average molecular weight is 216 g/mol. The van der Waals surface area contributed by atoms with Gasteiger partial charge in [0, 0.05) is 6.04 Å². The van der Waals surface area contributed by atoms with Crippen LogP contribution in [0.2, 0.25) is 0 Å². The summed E-state index contributed by atoms with van der Waals surface area (Å²) in [5.74, 6) is -0.402. The van der Waals surface area contributed by atoms with Gasteiger partial charge >= 0.3 is 6.09 Å². The Morgan fingerprint density at radius 2 is 1.87 bits per heavy atom. The molecule has 0 aromatic carbocycles. The van der Waals surface area contributed by atoms with E-state index in [2.05, 4.69) is 10.1 Å². The Hall–Kier alpha value is -1.26. The number of rotatable bonds is 5. The standard InChI is InChI=1S/C10H20N2O3/c1-6(2)5-8(9(11)13)7(3)12-10(14)15-4/h6-8H,5H2,1-4H3,(H2,11,13)(H,12,14)/t7?,8-/m0/s1. The second-order valence-corrected chi connectivity index (χ2v) is 4.06. The lowest BCUT2D eigenvalue weighted by Gasteiger charge is -2.23. The molecule has 15 heavy (non-hydrogen) atoms. The van der Waals surface area contributed by atoms with E-state index in [1.165, 1.54) is 7.11 Å². The molecule has 0 aliphatic rings.